The quantitative estimate of drug-likeness (QED) is 0.731. The van der Waals surface area contributed by atoms with Crippen LogP contribution in [0.25, 0.3) is 0 Å². The Kier molecular flexibility index (Phi) is 1.66. The lowest BCUT2D eigenvalue weighted by atomic mass is 10.1. The molecule has 0 unspecified atom stereocenters. The van der Waals surface area contributed by atoms with E-state index in [2.05, 4.69) is 5.10 Å². The predicted molar refractivity (Wildman–Crippen MR) is 57.1 cm³/mol. The van der Waals surface area contributed by atoms with E-state index in [9.17, 15) is 0 Å². The van der Waals surface area contributed by atoms with E-state index >= 15 is 0 Å². The molecule has 0 amide bonds. The zero-order valence-electron chi connectivity index (χ0n) is 11.4. The largest absolute Gasteiger partial charge is 0.396 e. The van der Waals surface area contributed by atoms with Crippen LogP contribution in [0.5, 0.6) is 0 Å². The Morgan fingerprint density at radius 3 is 2.79 bits per heavy atom. The Morgan fingerprint density at radius 2 is 2.29 bits per heavy atom. The standard InChI is InChI=1S/C10H18N4/c1-8-10(11)7-14(12-8)9-3-5-13(2)6-4-9/h7,9H,3-6,11H2,1-2H3/i2D3. The van der Waals surface area contributed by atoms with Crippen molar-refractivity contribution in [3.63, 3.8) is 0 Å². The Hall–Kier alpha value is -1.03. The first-order chi connectivity index (χ1) is 7.88. The topological polar surface area (TPSA) is 47.1 Å². The molecule has 2 heterocycles. The molecule has 0 atom stereocenters. The van der Waals surface area contributed by atoms with Crippen LogP contribution >= 0.6 is 0 Å². The third-order valence-corrected chi connectivity index (χ3v) is 2.79. The molecule has 0 aliphatic carbocycles. The van der Waals surface area contributed by atoms with E-state index in [4.69, 9.17) is 9.85 Å². The third-order valence-electron chi connectivity index (χ3n) is 2.79. The van der Waals surface area contributed by atoms with E-state index in [0.717, 1.165) is 18.5 Å². The summed E-state index contributed by atoms with van der Waals surface area (Å²) in [6, 6.07) is 0.268. The molecule has 2 N–H and O–H groups in total. The van der Waals surface area contributed by atoms with Crippen LogP contribution in [0.3, 0.4) is 0 Å². The number of nitrogens with two attached hydrogens (primary N) is 1. The van der Waals surface area contributed by atoms with Gasteiger partial charge in [-0.15, -0.1) is 0 Å². The van der Waals surface area contributed by atoms with Crippen molar-refractivity contribution in [2.45, 2.75) is 25.8 Å². The lowest BCUT2D eigenvalue weighted by Crippen LogP contribution is -2.31. The Labute approximate surface area is 88.9 Å². The van der Waals surface area contributed by atoms with Gasteiger partial charge in [-0.05, 0) is 39.8 Å². The molecule has 4 nitrogen and oxygen atoms in total. The molecular weight excluding hydrogens is 176 g/mol. The van der Waals surface area contributed by atoms with Crippen molar-refractivity contribution in [3.05, 3.63) is 11.9 Å². The lowest BCUT2D eigenvalue weighted by Gasteiger charge is -2.28. The van der Waals surface area contributed by atoms with Crippen LogP contribution in [0.4, 0.5) is 5.69 Å². The summed E-state index contributed by atoms with van der Waals surface area (Å²) in [4.78, 5) is 1.54. The van der Waals surface area contributed by atoms with Crippen molar-refractivity contribution in [2.24, 2.45) is 0 Å². The van der Waals surface area contributed by atoms with E-state index in [1.165, 1.54) is 0 Å². The summed E-state index contributed by atoms with van der Waals surface area (Å²) in [5.41, 5.74) is 7.29. The molecule has 1 fully saturated rings. The van der Waals surface area contributed by atoms with Crippen molar-refractivity contribution < 1.29 is 4.11 Å². The molecule has 0 saturated carbocycles. The van der Waals surface area contributed by atoms with Crippen LogP contribution in [0.2, 0.25) is 0 Å². The molecule has 0 radical (unpaired) electrons. The number of piperidine rings is 1. The van der Waals surface area contributed by atoms with Gasteiger partial charge in [0.15, 0.2) is 0 Å². The molecule has 0 bridgehead atoms. The molecule has 14 heavy (non-hydrogen) atoms. The van der Waals surface area contributed by atoms with Crippen molar-refractivity contribution in [3.8, 4) is 0 Å². The fourth-order valence-corrected chi connectivity index (χ4v) is 1.81. The molecule has 2 rings (SSSR count). The highest BCUT2D eigenvalue weighted by atomic mass is 15.3. The number of nitrogens with zero attached hydrogens (tertiary/aromatic N) is 3. The van der Waals surface area contributed by atoms with E-state index < -0.39 is 6.98 Å². The lowest BCUT2D eigenvalue weighted by molar-refractivity contribution is 0.212. The zero-order chi connectivity index (χ0) is 12.6. The second kappa shape index (κ2) is 3.61. The first kappa shape index (κ1) is 6.45. The number of likely N-dealkylation sites (tertiary alicyclic amines) is 1. The zero-order valence-corrected chi connectivity index (χ0v) is 8.40. The molecule has 0 aromatic carbocycles. The van der Waals surface area contributed by atoms with E-state index in [-0.39, 0.29) is 6.04 Å². The summed E-state index contributed by atoms with van der Waals surface area (Å²) >= 11 is 0. The molecule has 4 heteroatoms. The molecule has 1 aliphatic heterocycles. The maximum atomic E-state index is 7.35. The van der Waals surface area contributed by atoms with Crippen LogP contribution in [0, 0.1) is 6.92 Å². The van der Waals surface area contributed by atoms with Crippen molar-refractivity contribution in [1.29, 1.82) is 0 Å². The van der Waals surface area contributed by atoms with E-state index in [1.807, 2.05) is 17.8 Å². The summed E-state index contributed by atoms with van der Waals surface area (Å²) < 4.78 is 23.9. The minimum atomic E-state index is -1.97. The highest BCUT2D eigenvalue weighted by molar-refractivity contribution is 5.39. The second-order valence-electron chi connectivity index (χ2n) is 3.87. The monoisotopic (exact) mass is 197 g/mol. The van der Waals surface area contributed by atoms with Gasteiger partial charge in [0.05, 0.1) is 17.4 Å². The number of rotatable bonds is 1. The van der Waals surface area contributed by atoms with Gasteiger partial charge < -0.3 is 10.6 Å². The first-order valence-corrected chi connectivity index (χ1v) is 4.94. The third kappa shape index (κ3) is 1.75. The Balaban J connectivity index is 2.00. The van der Waals surface area contributed by atoms with Gasteiger partial charge in [-0.1, -0.05) is 0 Å². The van der Waals surface area contributed by atoms with E-state index in [1.54, 1.807) is 4.90 Å². The average molecular weight is 197 g/mol. The average Bonchev–Trinajstić information content (AvgIpc) is 2.58. The van der Waals surface area contributed by atoms with Crippen molar-refractivity contribution in [2.75, 3.05) is 25.8 Å². The fourth-order valence-electron chi connectivity index (χ4n) is 1.81. The van der Waals surface area contributed by atoms with Crippen molar-refractivity contribution >= 4 is 5.69 Å². The number of aromatic nitrogens is 2. The summed E-state index contributed by atoms with van der Waals surface area (Å²) in [6.45, 7) is 1.08. The maximum Gasteiger partial charge on any atom is 0.0823 e. The van der Waals surface area contributed by atoms with Crippen LogP contribution in [-0.4, -0.2) is 34.7 Å². The fraction of sp³-hybridized carbons (Fsp3) is 0.700. The van der Waals surface area contributed by atoms with Crippen LogP contribution in [0.1, 0.15) is 28.7 Å². The molecule has 1 saturated heterocycles. The number of nitrogen functional groups attached to an aromatic ring is 1. The first-order valence-electron chi connectivity index (χ1n) is 6.44. The molecular formula is C10H18N4. The molecule has 1 aromatic heterocycles. The number of aryl methyl sites for hydroxylation is 1. The number of hydrogen-bond acceptors (Lipinski definition) is 3. The van der Waals surface area contributed by atoms with Crippen molar-refractivity contribution in [1.82, 2.24) is 14.7 Å². The van der Waals surface area contributed by atoms with E-state index in [0.29, 0.717) is 18.8 Å². The van der Waals surface area contributed by atoms with Gasteiger partial charge in [0.2, 0.25) is 0 Å². The molecule has 78 valence electrons. The van der Waals surface area contributed by atoms with Gasteiger partial charge in [-0.3, -0.25) is 4.68 Å². The smallest absolute Gasteiger partial charge is 0.0823 e. The Morgan fingerprint density at radius 1 is 1.57 bits per heavy atom. The second-order valence-corrected chi connectivity index (χ2v) is 3.87. The molecule has 0 spiro atoms. The van der Waals surface area contributed by atoms with Gasteiger partial charge >= 0.3 is 0 Å². The molecule has 1 aliphatic rings. The van der Waals surface area contributed by atoms with Gasteiger partial charge in [-0.25, -0.2) is 0 Å². The van der Waals surface area contributed by atoms with Crippen LogP contribution in [0.15, 0.2) is 6.20 Å². The van der Waals surface area contributed by atoms with Crippen LogP contribution < -0.4 is 5.73 Å². The summed E-state index contributed by atoms with van der Waals surface area (Å²) in [5, 5.41) is 4.35. The summed E-state index contributed by atoms with van der Waals surface area (Å²) in [5.74, 6) is 0. The maximum absolute atomic E-state index is 7.35. The minimum absolute atomic E-state index is 0.268. The number of hydrogen-bond donors (Lipinski definition) is 1. The highest BCUT2D eigenvalue weighted by Gasteiger charge is 2.19. The molecule has 1 aromatic rings. The summed E-state index contributed by atoms with van der Waals surface area (Å²) in [6.07, 6.45) is 3.45. The predicted octanol–water partition coefficient (Wildman–Crippen LogP) is 1.04. The normalized spacial score (nSPS) is 24.2. The Bertz CT molecular complexity index is 371. The SMILES string of the molecule is [2H]C([2H])([2H])N1CCC(n2cc(N)c(C)n2)CC1. The van der Waals surface area contributed by atoms with Gasteiger partial charge in [0, 0.05) is 10.3 Å². The van der Waals surface area contributed by atoms with Gasteiger partial charge in [0.25, 0.3) is 0 Å². The van der Waals surface area contributed by atoms with Gasteiger partial charge in [0.1, 0.15) is 0 Å². The van der Waals surface area contributed by atoms with Gasteiger partial charge in [-0.2, -0.15) is 5.10 Å². The number of anilines is 1. The minimum Gasteiger partial charge on any atom is -0.396 e. The van der Waals surface area contributed by atoms with Crippen LogP contribution in [-0.2, 0) is 0 Å². The summed E-state index contributed by atoms with van der Waals surface area (Å²) in [7, 11) is 0. The highest BCUT2D eigenvalue weighted by Crippen LogP contribution is 2.22.